The van der Waals surface area contributed by atoms with E-state index in [0.717, 1.165) is 18.5 Å². The molecule has 2 N–H and O–H groups in total. The van der Waals surface area contributed by atoms with Gasteiger partial charge in [0.1, 0.15) is 10.7 Å². The summed E-state index contributed by atoms with van der Waals surface area (Å²) in [6.07, 6.45) is 5.33. The van der Waals surface area contributed by atoms with Crippen LogP contribution in [0.2, 0.25) is 0 Å². The number of anilines is 1. The van der Waals surface area contributed by atoms with Crippen molar-refractivity contribution in [3.63, 3.8) is 0 Å². The van der Waals surface area contributed by atoms with Gasteiger partial charge in [-0.15, -0.1) is 0 Å². The van der Waals surface area contributed by atoms with Gasteiger partial charge in [-0.3, -0.25) is 5.32 Å². The molecule has 0 atom stereocenters. The van der Waals surface area contributed by atoms with E-state index in [0.29, 0.717) is 40.1 Å². The zero-order valence-electron chi connectivity index (χ0n) is 18.3. The zero-order valence-corrected chi connectivity index (χ0v) is 20.0. The van der Waals surface area contributed by atoms with Crippen molar-refractivity contribution in [3.05, 3.63) is 47.9 Å². The van der Waals surface area contributed by atoms with Crippen LogP contribution in [-0.2, 0) is 22.8 Å². The minimum Gasteiger partial charge on any atom is -0.337 e. The topological polar surface area (TPSA) is 106 Å². The number of nitrogens with one attached hydrogen (secondary N) is 2. The van der Waals surface area contributed by atoms with Crippen molar-refractivity contribution in [1.82, 2.24) is 19.9 Å². The minimum absolute atomic E-state index is 0.352. The van der Waals surface area contributed by atoms with E-state index in [1.54, 1.807) is 13.3 Å². The maximum Gasteiger partial charge on any atom is 0.321 e. The largest absolute Gasteiger partial charge is 0.337 e. The van der Waals surface area contributed by atoms with Crippen molar-refractivity contribution >= 4 is 32.3 Å². The van der Waals surface area contributed by atoms with Gasteiger partial charge in [0.25, 0.3) is 0 Å². The van der Waals surface area contributed by atoms with E-state index in [4.69, 9.17) is 0 Å². The average Bonchev–Trinajstić information content (AvgIpc) is 3.26. The van der Waals surface area contributed by atoms with Crippen molar-refractivity contribution in [2.24, 2.45) is 5.92 Å². The van der Waals surface area contributed by atoms with E-state index < -0.39 is 21.7 Å². The zero-order chi connectivity index (χ0) is 23.5. The first-order chi connectivity index (χ1) is 15.0. The quantitative estimate of drug-likeness (QED) is 0.510. The molecular weight excluding hydrogens is 453 g/mol. The lowest BCUT2D eigenvalue weighted by Gasteiger charge is -2.05. The smallest absolute Gasteiger partial charge is 0.321 e. The predicted molar refractivity (Wildman–Crippen MR) is 123 cm³/mol. The molecule has 0 aliphatic rings. The summed E-state index contributed by atoms with van der Waals surface area (Å²) in [5.74, 6) is -0.289. The molecule has 11 heteroatoms. The number of rotatable bonds is 8. The predicted octanol–water partition coefficient (Wildman–Crippen LogP) is 3.88. The standard InChI is InChI=1S/C21H26FN5O3S2/c1-13(2)10-27-11-16(24-12-27)7-8-23-20(28)26-21-25-14(3)19(31-21)15-5-6-18(17(22)9-15)32(4,29)30/h5-6,9,11-13H,7-8,10H2,1-4H3,(H2,23,25,26,28). The fraction of sp³-hybridized carbons (Fsp3) is 0.381. The van der Waals surface area contributed by atoms with Crippen LogP contribution in [0.1, 0.15) is 25.2 Å². The number of urea groups is 1. The molecule has 0 aliphatic heterocycles. The maximum absolute atomic E-state index is 14.2. The molecule has 0 spiro atoms. The normalized spacial score (nSPS) is 11.7. The molecule has 0 fully saturated rings. The van der Waals surface area contributed by atoms with Gasteiger partial charge in [0.15, 0.2) is 15.0 Å². The summed E-state index contributed by atoms with van der Waals surface area (Å²) < 4.78 is 39.5. The van der Waals surface area contributed by atoms with Gasteiger partial charge in [0, 0.05) is 32.0 Å². The van der Waals surface area contributed by atoms with Crippen LogP contribution in [0.25, 0.3) is 10.4 Å². The second-order valence-electron chi connectivity index (χ2n) is 7.94. The molecule has 2 heterocycles. The van der Waals surface area contributed by atoms with Gasteiger partial charge < -0.3 is 9.88 Å². The molecule has 0 saturated heterocycles. The van der Waals surface area contributed by atoms with Crippen LogP contribution in [-0.4, -0.2) is 41.8 Å². The van der Waals surface area contributed by atoms with Gasteiger partial charge >= 0.3 is 6.03 Å². The Morgan fingerprint density at radius 1 is 1.31 bits per heavy atom. The fourth-order valence-electron chi connectivity index (χ4n) is 3.16. The molecule has 1 aromatic carbocycles. The summed E-state index contributed by atoms with van der Waals surface area (Å²) in [6, 6.07) is 3.54. The van der Waals surface area contributed by atoms with Gasteiger partial charge in [-0.25, -0.2) is 27.6 Å². The van der Waals surface area contributed by atoms with Crippen LogP contribution >= 0.6 is 11.3 Å². The van der Waals surface area contributed by atoms with E-state index in [9.17, 15) is 17.6 Å². The van der Waals surface area contributed by atoms with Crippen molar-refractivity contribution in [2.75, 3.05) is 18.1 Å². The van der Waals surface area contributed by atoms with Crippen LogP contribution in [0.4, 0.5) is 14.3 Å². The SMILES string of the molecule is Cc1nc(NC(=O)NCCc2cn(CC(C)C)cn2)sc1-c1ccc(S(C)(=O)=O)c(F)c1. The fourth-order valence-corrected chi connectivity index (χ4v) is 4.85. The number of aromatic nitrogens is 3. The third-order valence-corrected chi connectivity index (χ3v) is 6.79. The third-order valence-electron chi connectivity index (χ3n) is 4.54. The number of hydrogen-bond acceptors (Lipinski definition) is 6. The molecule has 2 amide bonds. The number of aryl methyl sites for hydroxylation is 1. The van der Waals surface area contributed by atoms with Crippen LogP contribution in [0, 0.1) is 18.7 Å². The minimum atomic E-state index is -3.64. The van der Waals surface area contributed by atoms with Crippen molar-refractivity contribution < 1.29 is 17.6 Å². The Morgan fingerprint density at radius 2 is 2.06 bits per heavy atom. The summed E-state index contributed by atoms with van der Waals surface area (Å²) in [5, 5.41) is 5.82. The van der Waals surface area contributed by atoms with Crippen molar-refractivity contribution in [1.29, 1.82) is 0 Å². The lowest BCUT2D eigenvalue weighted by molar-refractivity contribution is 0.252. The second-order valence-corrected chi connectivity index (χ2v) is 10.9. The van der Waals surface area contributed by atoms with Gasteiger partial charge in [-0.1, -0.05) is 31.3 Å². The van der Waals surface area contributed by atoms with E-state index in [1.165, 1.54) is 29.5 Å². The van der Waals surface area contributed by atoms with E-state index >= 15 is 0 Å². The molecule has 0 saturated carbocycles. The molecule has 2 aromatic heterocycles. The third kappa shape index (κ3) is 6.13. The number of hydrogen-bond donors (Lipinski definition) is 2. The monoisotopic (exact) mass is 479 g/mol. The molecule has 8 nitrogen and oxygen atoms in total. The van der Waals surface area contributed by atoms with E-state index in [2.05, 4.69) is 34.4 Å². The molecule has 0 unspecified atom stereocenters. The second kappa shape index (κ2) is 9.78. The number of sulfone groups is 1. The number of carbonyl (C=O) groups is 1. The van der Waals surface area contributed by atoms with E-state index in [-0.39, 0.29) is 4.90 Å². The Kier molecular flexibility index (Phi) is 7.29. The first-order valence-electron chi connectivity index (χ1n) is 10.1. The summed E-state index contributed by atoms with van der Waals surface area (Å²) in [4.78, 5) is 21.2. The number of carbonyl (C=O) groups excluding carboxylic acids is 1. The van der Waals surface area contributed by atoms with Crippen molar-refractivity contribution in [3.8, 4) is 10.4 Å². The molecule has 0 aliphatic carbocycles. The molecule has 172 valence electrons. The van der Waals surface area contributed by atoms with Gasteiger partial charge in [-0.2, -0.15) is 0 Å². The summed E-state index contributed by atoms with van der Waals surface area (Å²) in [6.45, 7) is 7.33. The Morgan fingerprint density at radius 3 is 2.72 bits per heavy atom. The molecule has 0 radical (unpaired) electrons. The number of amides is 2. The van der Waals surface area contributed by atoms with Gasteiger partial charge in [0.2, 0.25) is 0 Å². The van der Waals surface area contributed by atoms with Crippen molar-refractivity contribution in [2.45, 2.75) is 38.6 Å². The molecular formula is C21H26FN5O3S2. The van der Waals surface area contributed by atoms with Crippen LogP contribution in [0.15, 0.2) is 35.6 Å². The van der Waals surface area contributed by atoms with Crippen LogP contribution in [0.5, 0.6) is 0 Å². The number of nitrogens with zero attached hydrogens (tertiary/aromatic N) is 3. The Hall–Kier alpha value is -2.79. The highest BCUT2D eigenvalue weighted by molar-refractivity contribution is 7.90. The summed E-state index contributed by atoms with van der Waals surface area (Å²) in [7, 11) is -3.64. The molecule has 32 heavy (non-hydrogen) atoms. The summed E-state index contributed by atoms with van der Waals surface area (Å²) in [5.41, 5.74) is 2.00. The van der Waals surface area contributed by atoms with Gasteiger partial charge in [-0.05, 0) is 30.5 Å². The molecule has 0 bridgehead atoms. The first kappa shape index (κ1) is 23.9. The molecule has 3 rings (SSSR count). The Balaban J connectivity index is 1.58. The van der Waals surface area contributed by atoms with Crippen LogP contribution in [0.3, 0.4) is 0 Å². The van der Waals surface area contributed by atoms with Crippen LogP contribution < -0.4 is 10.6 Å². The number of benzene rings is 1. The highest BCUT2D eigenvalue weighted by atomic mass is 32.2. The Labute approximate surface area is 190 Å². The van der Waals surface area contributed by atoms with E-state index in [1.807, 2.05) is 10.8 Å². The lowest BCUT2D eigenvalue weighted by Crippen LogP contribution is -2.30. The number of halogens is 1. The maximum atomic E-state index is 14.2. The lowest BCUT2D eigenvalue weighted by atomic mass is 10.1. The molecule has 3 aromatic rings. The number of thiazole rings is 1. The average molecular weight is 480 g/mol. The summed E-state index contributed by atoms with van der Waals surface area (Å²) >= 11 is 1.19. The highest BCUT2D eigenvalue weighted by Crippen LogP contribution is 2.34. The van der Waals surface area contributed by atoms with Gasteiger partial charge in [0.05, 0.1) is 22.6 Å². The highest BCUT2D eigenvalue weighted by Gasteiger charge is 2.17. The first-order valence-corrected chi connectivity index (χ1v) is 12.8. The Bertz CT molecular complexity index is 1220. The number of imidazole rings is 1.